The van der Waals surface area contributed by atoms with Gasteiger partial charge in [-0.2, -0.15) is 25.3 Å². The number of hydrogen-bond acceptors (Lipinski definition) is 2. The number of hydrogen-bond donors (Lipinski definition) is 2. The Morgan fingerprint density at radius 2 is 1.35 bits per heavy atom. The van der Waals surface area contributed by atoms with Gasteiger partial charge in [-0.05, 0) is 112 Å². The first-order valence-electron chi connectivity index (χ1n) is 20.0. The fraction of sp³-hybridized carbons (Fsp3) is 0.818. The normalized spacial score (nSPS) is 20.3. The van der Waals surface area contributed by atoms with E-state index in [2.05, 4.69) is 112 Å². The molecule has 280 valence electrons. The molecule has 0 aliphatic heterocycles. The van der Waals surface area contributed by atoms with Crippen molar-refractivity contribution in [3.05, 3.63) is 48.1 Å². The molecule has 2 heteroatoms. The van der Waals surface area contributed by atoms with Crippen LogP contribution in [-0.2, 0) is 0 Å². The van der Waals surface area contributed by atoms with Crippen molar-refractivity contribution < 1.29 is 0 Å². The smallest absolute Gasteiger partial charge is 0.0101 e. The van der Waals surface area contributed by atoms with E-state index in [4.69, 9.17) is 0 Å². The summed E-state index contributed by atoms with van der Waals surface area (Å²) < 4.78 is 0. The Labute approximate surface area is 307 Å². The molecule has 4 atom stereocenters. The second-order valence-electron chi connectivity index (χ2n) is 11.8. The SMILES string of the molecule is C/C=C1\CCCC2(C)C(C/C=C/[C@@H](CCC)C(C)C)CCC12.C=C(CC)C(=C)CCC.CC.CC.CC.CC.CCCS.CCS. The number of thiol groups is 2. The van der Waals surface area contributed by atoms with E-state index in [0.29, 0.717) is 5.41 Å². The Morgan fingerprint density at radius 3 is 1.72 bits per heavy atom. The van der Waals surface area contributed by atoms with Crippen LogP contribution < -0.4 is 0 Å². The lowest BCUT2D eigenvalue weighted by Gasteiger charge is -2.42. The Bertz CT molecular complexity index is 655. The summed E-state index contributed by atoms with van der Waals surface area (Å²) in [6.07, 6.45) is 23.1. The molecule has 0 radical (unpaired) electrons. The highest BCUT2D eigenvalue weighted by Crippen LogP contribution is 2.58. The molecule has 46 heavy (non-hydrogen) atoms. The minimum absolute atomic E-state index is 0.586. The third-order valence-electron chi connectivity index (χ3n) is 8.52. The lowest BCUT2D eigenvalue weighted by atomic mass is 9.63. The molecule has 2 rings (SSSR count). The van der Waals surface area contributed by atoms with Crippen LogP contribution >= 0.6 is 25.3 Å². The first-order valence-corrected chi connectivity index (χ1v) is 21.2. The molecule has 0 aromatic carbocycles. The highest BCUT2D eigenvalue weighted by molar-refractivity contribution is 7.80. The second-order valence-corrected chi connectivity index (χ2v) is 12.8. The van der Waals surface area contributed by atoms with E-state index in [1.165, 1.54) is 75.4 Å². The number of fused-ring (bicyclic) bond motifs is 1. The van der Waals surface area contributed by atoms with Crippen molar-refractivity contribution in [2.45, 2.75) is 195 Å². The van der Waals surface area contributed by atoms with Gasteiger partial charge in [0.1, 0.15) is 0 Å². The summed E-state index contributed by atoms with van der Waals surface area (Å²) in [4.78, 5) is 0. The Kier molecular flexibility index (Phi) is 56.2. The standard InChI is InChI=1S/C22H38.C9H16.C3H8S.C2H6S.4C2H6/c1-6-10-19(17(3)4)11-8-13-20-14-15-21-18(7-2)12-9-16-22(20,21)5;1-5-7-9(4)8(3)6-2;1-2-3-4;1-2-3;4*1-2/h7-8,11,17,19-21H,6,9-10,12-16H2,1-5H3;3-7H2,1-2H3;4H,2-3H2,1H3;3H,2H2,1H3;4*1-2H3/b11-8+,18-7+;;;;;;;/t19-,20?,21?,22?;;;;;;;/m1......./s1. The molecular weight excluding hydrogens is 593 g/mol. The van der Waals surface area contributed by atoms with Crippen LogP contribution in [0.15, 0.2) is 48.1 Å². The predicted octanol–water partition coefficient (Wildman–Crippen LogP) is 16.8. The largest absolute Gasteiger partial charge is 0.180 e. The summed E-state index contributed by atoms with van der Waals surface area (Å²) >= 11 is 7.71. The number of rotatable bonds is 11. The Hall–Kier alpha value is -0.340. The molecule has 0 saturated heterocycles. The maximum absolute atomic E-state index is 3.92. The average molecular weight is 685 g/mol. The molecular formula is C44H92S2. The second kappa shape index (κ2) is 44.7. The van der Waals surface area contributed by atoms with E-state index in [1.807, 2.05) is 62.3 Å². The van der Waals surface area contributed by atoms with Gasteiger partial charge in [-0.15, -0.1) is 0 Å². The molecule has 2 aliphatic carbocycles. The Morgan fingerprint density at radius 1 is 0.848 bits per heavy atom. The zero-order valence-electron chi connectivity index (χ0n) is 35.2. The highest BCUT2D eigenvalue weighted by atomic mass is 32.1. The minimum atomic E-state index is 0.586. The summed E-state index contributed by atoms with van der Waals surface area (Å²) in [7, 11) is 0. The quantitative estimate of drug-likeness (QED) is 0.121. The highest BCUT2D eigenvalue weighted by Gasteiger charge is 2.48. The lowest BCUT2D eigenvalue weighted by Crippen LogP contribution is -2.33. The summed E-state index contributed by atoms with van der Waals surface area (Å²) in [5, 5.41) is 0. The van der Waals surface area contributed by atoms with Gasteiger partial charge in [0.05, 0.1) is 0 Å². The van der Waals surface area contributed by atoms with Crippen LogP contribution in [0.1, 0.15) is 195 Å². The molecule has 0 heterocycles. The van der Waals surface area contributed by atoms with Gasteiger partial charge >= 0.3 is 0 Å². The fourth-order valence-corrected chi connectivity index (χ4v) is 6.01. The molecule has 0 nitrogen and oxygen atoms in total. The van der Waals surface area contributed by atoms with Crippen molar-refractivity contribution >= 4 is 25.3 Å². The van der Waals surface area contributed by atoms with Crippen molar-refractivity contribution in [3.8, 4) is 0 Å². The maximum Gasteiger partial charge on any atom is -0.0101 e. The van der Waals surface area contributed by atoms with Crippen LogP contribution in [0, 0.1) is 29.1 Å². The molecule has 0 N–H and O–H groups in total. The minimum Gasteiger partial charge on any atom is -0.180 e. The monoisotopic (exact) mass is 685 g/mol. The zero-order valence-corrected chi connectivity index (χ0v) is 37.0. The predicted molar refractivity (Wildman–Crippen MR) is 231 cm³/mol. The van der Waals surface area contributed by atoms with E-state index in [9.17, 15) is 0 Å². The zero-order chi connectivity index (χ0) is 37.6. The summed E-state index contributed by atoms with van der Waals surface area (Å²) in [5.41, 5.74) is 4.78. The van der Waals surface area contributed by atoms with Crippen molar-refractivity contribution in [3.63, 3.8) is 0 Å². The van der Waals surface area contributed by atoms with Crippen molar-refractivity contribution in [2.24, 2.45) is 29.1 Å². The van der Waals surface area contributed by atoms with Gasteiger partial charge < -0.3 is 0 Å². The molecule has 0 amide bonds. The molecule has 0 bridgehead atoms. The van der Waals surface area contributed by atoms with Crippen LogP contribution in [0.5, 0.6) is 0 Å². The Balaban J connectivity index is -0.000000138. The first-order chi connectivity index (χ1) is 22.1. The first kappa shape index (κ1) is 57.9. The van der Waals surface area contributed by atoms with Crippen LogP contribution in [0.4, 0.5) is 0 Å². The van der Waals surface area contributed by atoms with Crippen LogP contribution in [-0.4, -0.2) is 11.5 Å². The topological polar surface area (TPSA) is 0 Å². The van der Waals surface area contributed by atoms with Gasteiger partial charge in [-0.1, -0.05) is 172 Å². The average Bonchev–Trinajstić information content (AvgIpc) is 3.44. The van der Waals surface area contributed by atoms with Gasteiger partial charge in [0, 0.05) is 0 Å². The molecule has 0 aromatic rings. The third kappa shape index (κ3) is 28.7. The summed E-state index contributed by atoms with van der Waals surface area (Å²) in [5.74, 6) is 5.33. The molecule has 2 aliphatic rings. The molecule has 2 saturated carbocycles. The van der Waals surface area contributed by atoms with Crippen molar-refractivity contribution in [1.82, 2.24) is 0 Å². The molecule has 2 fully saturated rings. The fourth-order valence-electron chi connectivity index (χ4n) is 6.01. The summed E-state index contributed by atoms with van der Waals surface area (Å²) in [6, 6.07) is 0. The van der Waals surface area contributed by atoms with E-state index in [1.54, 1.807) is 5.57 Å². The van der Waals surface area contributed by atoms with Crippen molar-refractivity contribution in [2.75, 3.05) is 11.5 Å². The van der Waals surface area contributed by atoms with Crippen LogP contribution in [0.2, 0.25) is 0 Å². The molecule has 0 spiro atoms. The van der Waals surface area contributed by atoms with Gasteiger partial charge in [-0.25, -0.2) is 0 Å². The van der Waals surface area contributed by atoms with Gasteiger partial charge in [-0.3, -0.25) is 0 Å². The van der Waals surface area contributed by atoms with Gasteiger partial charge in [0.25, 0.3) is 0 Å². The molecule has 3 unspecified atom stereocenters. The maximum atomic E-state index is 3.92. The van der Waals surface area contributed by atoms with E-state index < -0.39 is 0 Å². The summed E-state index contributed by atoms with van der Waals surface area (Å²) in [6.45, 7) is 44.1. The lowest BCUT2D eigenvalue weighted by molar-refractivity contribution is 0.137. The van der Waals surface area contributed by atoms with Gasteiger partial charge in [0.15, 0.2) is 0 Å². The molecule has 0 aromatic heterocycles. The van der Waals surface area contributed by atoms with E-state index in [-0.39, 0.29) is 0 Å². The van der Waals surface area contributed by atoms with Crippen LogP contribution in [0.25, 0.3) is 0 Å². The van der Waals surface area contributed by atoms with E-state index in [0.717, 1.165) is 48.0 Å². The number of allylic oxidation sites excluding steroid dienone is 6. The third-order valence-corrected chi connectivity index (χ3v) is 8.96. The van der Waals surface area contributed by atoms with Gasteiger partial charge in [0.2, 0.25) is 0 Å². The van der Waals surface area contributed by atoms with Crippen LogP contribution in [0.3, 0.4) is 0 Å². The van der Waals surface area contributed by atoms with Crippen molar-refractivity contribution in [1.29, 1.82) is 0 Å². The van der Waals surface area contributed by atoms with E-state index >= 15 is 0 Å².